The molecule has 1 aliphatic rings. The largest absolute Gasteiger partial charge is 0.338 e. The molecule has 1 fully saturated rings. The van der Waals surface area contributed by atoms with Gasteiger partial charge in [0.15, 0.2) is 11.6 Å². The molecule has 0 radical (unpaired) electrons. The molecule has 2 aromatic carbocycles. The number of aryl methyl sites for hydroxylation is 1. The van der Waals surface area contributed by atoms with E-state index in [2.05, 4.69) is 35.4 Å². The molecule has 40 heavy (non-hydrogen) atoms. The highest BCUT2D eigenvalue weighted by Gasteiger charge is 2.14. The van der Waals surface area contributed by atoms with Gasteiger partial charge in [0, 0.05) is 17.8 Å². The van der Waals surface area contributed by atoms with E-state index in [1.807, 2.05) is 32.0 Å². The minimum absolute atomic E-state index is 0.0149. The fourth-order valence-corrected chi connectivity index (χ4v) is 3.96. The number of allylic oxidation sites excluding steroid dienone is 5. The standard InChI is InChI=1S/C13H15N.C12H16N2O2.C9H12O/c14-10-11-6-8-13(9-7-11)12-4-2-1-3-5-12;1-4-13-12(16)14-11-7-10(9(3)15)6-5-8(11)2;1-4-5-6-7-8(2)9(3)10/h6-9,12H,1-5H2;5-7H,4H2,1-3H3,(H2,13,14,16);4-7H,1H2,2-3H3/b;;6-5-,8-7+. The highest BCUT2D eigenvalue weighted by molar-refractivity contribution is 5.97. The topological polar surface area (TPSA) is 99.1 Å². The maximum Gasteiger partial charge on any atom is 0.319 e. The fraction of sp³-hybridized carbons (Fsp3) is 0.353. The number of ketones is 2. The Kier molecular flexibility index (Phi) is 16.0. The van der Waals surface area contributed by atoms with Crippen molar-refractivity contribution >= 4 is 23.3 Å². The van der Waals surface area contributed by atoms with Crippen LogP contribution in [0, 0.1) is 18.3 Å². The summed E-state index contributed by atoms with van der Waals surface area (Å²) < 4.78 is 0. The summed E-state index contributed by atoms with van der Waals surface area (Å²) >= 11 is 0. The van der Waals surface area contributed by atoms with E-state index in [-0.39, 0.29) is 17.6 Å². The SMILES string of the molecule is C=C/C=C\C=C(/C)C(C)=O.CCNC(=O)Nc1cc(C(C)=O)ccc1C.N#Cc1ccc(C2CCCCC2)cc1. The lowest BCUT2D eigenvalue weighted by Crippen LogP contribution is -2.28. The molecule has 3 rings (SSSR count). The molecule has 0 heterocycles. The second-order valence-electron chi connectivity index (χ2n) is 9.67. The number of carbonyl (C=O) groups is 3. The normalized spacial score (nSPS) is 13.1. The Morgan fingerprint density at radius 1 is 1.00 bits per heavy atom. The Balaban J connectivity index is 0.000000309. The number of nitrogens with zero attached hydrogens (tertiary/aromatic N) is 1. The van der Waals surface area contributed by atoms with Crippen molar-refractivity contribution < 1.29 is 14.4 Å². The van der Waals surface area contributed by atoms with Gasteiger partial charge in [-0.05, 0) is 88.3 Å². The summed E-state index contributed by atoms with van der Waals surface area (Å²) in [6.45, 7) is 12.6. The zero-order valence-electron chi connectivity index (χ0n) is 24.5. The molecule has 0 bridgehead atoms. The highest BCUT2D eigenvalue weighted by Crippen LogP contribution is 2.32. The van der Waals surface area contributed by atoms with Crippen molar-refractivity contribution in [3.8, 4) is 6.07 Å². The molecule has 0 saturated heterocycles. The first-order chi connectivity index (χ1) is 19.1. The second-order valence-corrected chi connectivity index (χ2v) is 9.67. The van der Waals surface area contributed by atoms with Gasteiger partial charge < -0.3 is 10.6 Å². The maximum atomic E-state index is 11.3. The van der Waals surface area contributed by atoms with Gasteiger partial charge in [-0.1, -0.05) is 74.4 Å². The quantitative estimate of drug-likeness (QED) is 0.210. The molecule has 0 atom stereocenters. The zero-order valence-corrected chi connectivity index (χ0v) is 24.5. The van der Waals surface area contributed by atoms with Crippen LogP contribution in [0.2, 0.25) is 0 Å². The molecule has 212 valence electrons. The van der Waals surface area contributed by atoms with Crippen molar-refractivity contribution in [1.82, 2.24) is 5.32 Å². The summed E-state index contributed by atoms with van der Waals surface area (Å²) in [7, 11) is 0. The number of urea groups is 1. The van der Waals surface area contributed by atoms with E-state index < -0.39 is 0 Å². The van der Waals surface area contributed by atoms with Gasteiger partial charge in [0.25, 0.3) is 0 Å². The van der Waals surface area contributed by atoms with Crippen LogP contribution >= 0.6 is 0 Å². The Morgan fingerprint density at radius 2 is 1.65 bits per heavy atom. The van der Waals surface area contributed by atoms with Gasteiger partial charge in [-0.15, -0.1) is 0 Å². The summed E-state index contributed by atoms with van der Waals surface area (Å²) in [6, 6.07) is 15.3. The van der Waals surface area contributed by atoms with E-state index >= 15 is 0 Å². The first-order valence-corrected chi connectivity index (χ1v) is 13.8. The number of carbonyl (C=O) groups excluding carboxylic acids is 3. The molecule has 2 N–H and O–H groups in total. The number of benzene rings is 2. The molecule has 6 nitrogen and oxygen atoms in total. The summed E-state index contributed by atoms with van der Waals surface area (Å²) in [5.41, 5.74) is 5.14. The number of nitrogens with one attached hydrogen (secondary N) is 2. The molecule has 0 aliphatic heterocycles. The molecule has 2 aromatic rings. The molecule has 0 aromatic heterocycles. The lowest BCUT2D eigenvalue weighted by atomic mass is 9.84. The van der Waals surface area contributed by atoms with Gasteiger partial charge in [-0.2, -0.15) is 5.26 Å². The van der Waals surface area contributed by atoms with Gasteiger partial charge in [-0.3, -0.25) is 9.59 Å². The Labute approximate surface area is 239 Å². The highest BCUT2D eigenvalue weighted by atomic mass is 16.2. The van der Waals surface area contributed by atoms with Gasteiger partial charge in [-0.25, -0.2) is 4.79 Å². The van der Waals surface area contributed by atoms with Crippen molar-refractivity contribution in [2.45, 2.75) is 72.6 Å². The molecule has 0 unspecified atom stereocenters. The molecule has 6 heteroatoms. The average Bonchev–Trinajstić information content (AvgIpc) is 2.95. The van der Waals surface area contributed by atoms with Crippen molar-refractivity contribution in [3.05, 3.63) is 101 Å². The lowest BCUT2D eigenvalue weighted by Gasteiger charge is -2.21. The van der Waals surface area contributed by atoms with E-state index in [1.54, 1.807) is 50.3 Å². The molecular formula is C34H43N3O3. The maximum absolute atomic E-state index is 11.3. The minimum atomic E-state index is -0.258. The monoisotopic (exact) mass is 541 g/mol. The number of anilines is 1. The van der Waals surface area contributed by atoms with Crippen LogP contribution in [-0.2, 0) is 4.79 Å². The van der Waals surface area contributed by atoms with Gasteiger partial charge in [0.2, 0.25) is 0 Å². The predicted octanol–water partition coefficient (Wildman–Crippen LogP) is 8.21. The zero-order chi connectivity index (χ0) is 29.9. The Hall–Kier alpha value is -4.24. The van der Waals surface area contributed by atoms with Crippen molar-refractivity contribution in [1.29, 1.82) is 5.26 Å². The lowest BCUT2D eigenvalue weighted by molar-refractivity contribution is -0.113. The second kappa shape index (κ2) is 18.9. The van der Waals surface area contributed by atoms with Gasteiger partial charge in [0.1, 0.15) is 0 Å². The van der Waals surface area contributed by atoms with E-state index in [0.29, 0.717) is 17.8 Å². The third-order valence-corrected chi connectivity index (χ3v) is 6.49. The average molecular weight is 542 g/mol. The van der Waals surface area contributed by atoms with Crippen molar-refractivity contribution in [2.24, 2.45) is 0 Å². The van der Waals surface area contributed by atoms with Crippen molar-refractivity contribution in [2.75, 3.05) is 11.9 Å². The molecule has 0 spiro atoms. The van der Waals surface area contributed by atoms with Crippen LogP contribution in [0.5, 0.6) is 0 Å². The molecule has 1 aliphatic carbocycles. The molecular weight excluding hydrogens is 498 g/mol. The number of hydrogen-bond donors (Lipinski definition) is 2. The van der Waals surface area contributed by atoms with Gasteiger partial charge in [0.05, 0.1) is 11.6 Å². The Bertz CT molecular complexity index is 1230. The van der Waals surface area contributed by atoms with E-state index in [0.717, 1.165) is 22.6 Å². The summed E-state index contributed by atoms with van der Waals surface area (Å²) in [4.78, 5) is 33.1. The number of hydrogen-bond acceptors (Lipinski definition) is 4. The van der Waals surface area contributed by atoms with E-state index in [4.69, 9.17) is 5.26 Å². The third-order valence-electron chi connectivity index (χ3n) is 6.49. The van der Waals surface area contributed by atoms with E-state index in [1.165, 1.54) is 44.6 Å². The number of amides is 2. The first kappa shape index (κ1) is 33.8. The smallest absolute Gasteiger partial charge is 0.319 e. The fourth-order valence-electron chi connectivity index (χ4n) is 3.96. The van der Waals surface area contributed by atoms with Crippen LogP contribution in [0.25, 0.3) is 0 Å². The molecule has 2 amide bonds. The van der Waals surface area contributed by atoms with E-state index in [9.17, 15) is 14.4 Å². The van der Waals surface area contributed by atoms with Crippen LogP contribution in [0.15, 0.2) is 78.9 Å². The summed E-state index contributed by atoms with van der Waals surface area (Å²) in [5.74, 6) is 0.837. The third kappa shape index (κ3) is 13.0. The molecule has 1 saturated carbocycles. The van der Waals surface area contributed by atoms with Gasteiger partial charge >= 0.3 is 6.03 Å². The van der Waals surface area contributed by atoms with Crippen LogP contribution in [0.1, 0.15) is 92.8 Å². The van der Waals surface area contributed by atoms with Crippen LogP contribution in [-0.4, -0.2) is 24.1 Å². The number of Topliss-reactive ketones (excluding diaryl/α,β-unsaturated/α-hetero) is 2. The minimum Gasteiger partial charge on any atom is -0.338 e. The van der Waals surface area contributed by atoms with Crippen LogP contribution < -0.4 is 10.6 Å². The number of nitriles is 1. The summed E-state index contributed by atoms with van der Waals surface area (Å²) in [6.07, 6.45) is 13.8. The van der Waals surface area contributed by atoms with Crippen LogP contribution in [0.4, 0.5) is 10.5 Å². The van der Waals surface area contributed by atoms with Crippen molar-refractivity contribution in [3.63, 3.8) is 0 Å². The van der Waals surface area contributed by atoms with Crippen LogP contribution in [0.3, 0.4) is 0 Å². The Morgan fingerprint density at radius 3 is 2.17 bits per heavy atom. The first-order valence-electron chi connectivity index (χ1n) is 13.8. The summed E-state index contributed by atoms with van der Waals surface area (Å²) in [5, 5.41) is 14.0. The predicted molar refractivity (Wildman–Crippen MR) is 165 cm³/mol. The number of rotatable bonds is 7.